The number of amides is 1. The van der Waals surface area contributed by atoms with E-state index in [0.29, 0.717) is 6.42 Å². The maximum Gasteiger partial charge on any atom is 0.246 e. The molecule has 3 nitrogen and oxygen atoms in total. The Hall–Kier alpha value is -1.35. The molecule has 18 heavy (non-hydrogen) atoms. The van der Waals surface area contributed by atoms with E-state index in [2.05, 4.69) is 6.92 Å². The smallest absolute Gasteiger partial charge is 0.246 e. The molecular formula is C15H23NO2. The Kier molecular flexibility index (Phi) is 7.11. The maximum absolute atomic E-state index is 11.7. The number of unbranched alkanes of at least 4 members (excludes halogenated alkanes) is 4. The van der Waals surface area contributed by atoms with Crippen LogP contribution < -0.4 is 0 Å². The monoisotopic (exact) mass is 249 g/mol. The van der Waals surface area contributed by atoms with Gasteiger partial charge in [-0.3, -0.25) is 10.0 Å². The van der Waals surface area contributed by atoms with Gasteiger partial charge in [-0.15, -0.1) is 0 Å². The van der Waals surface area contributed by atoms with E-state index in [1.807, 2.05) is 30.3 Å². The van der Waals surface area contributed by atoms with Gasteiger partial charge in [-0.25, -0.2) is 5.06 Å². The number of benzene rings is 1. The summed E-state index contributed by atoms with van der Waals surface area (Å²) in [6.07, 6.45) is 5.97. The van der Waals surface area contributed by atoms with Gasteiger partial charge in [-0.05, 0) is 12.0 Å². The SMILES string of the molecule is CCCCCCCC(=O)N(O)Cc1ccccc1. The van der Waals surface area contributed by atoms with Gasteiger partial charge in [0.15, 0.2) is 0 Å². The summed E-state index contributed by atoms with van der Waals surface area (Å²) in [6, 6.07) is 9.52. The van der Waals surface area contributed by atoms with E-state index in [0.717, 1.165) is 23.5 Å². The average Bonchev–Trinajstić information content (AvgIpc) is 2.39. The second-order valence-corrected chi connectivity index (χ2v) is 4.60. The summed E-state index contributed by atoms with van der Waals surface area (Å²) >= 11 is 0. The van der Waals surface area contributed by atoms with Crippen LogP contribution in [-0.4, -0.2) is 16.2 Å². The molecule has 0 fully saturated rings. The quantitative estimate of drug-likeness (QED) is 0.433. The Morgan fingerprint density at radius 3 is 2.44 bits per heavy atom. The molecule has 1 aromatic carbocycles. The van der Waals surface area contributed by atoms with Crippen LogP contribution in [0.25, 0.3) is 0 Å². The first-order chi connectivity index (χ1) is 8.74. The van der Waals surface area contributed by atoms with Crippen LogP contribution in [0.2, 0.25) is 0 Å². The van der Waals surface area contributed by atoms with Crippen molar-refractivity contribution >= 4 is 5.91 Å². The van der Waals surface area contributed by atoms with E-state index in [1.165, 1.54) is 19.3 Å². The molecule has 0 bridgehead atoms. The highest BCUT2D eigenvalue weighted by Crippen LogP contribution is 2.08. The number of carbonyl (C=O) groups is 1. The lowest BCUT2D eigenvalue weighted by atomic mass is 10.1. The van der Waals surface area contributed by atoms with Crippen molar-refractivity contribution in [3.05, 3.63) is 35.9 Å². The van der Waals surface area contributed by atoms with Gasteiger partial charge in [0.25, 0.3) is 0 Å². The first-order valence-corrected chi connectivity index (χ1v) is 6.77. The van der Waals surface area contributed by atoms with Crippen LogP contribution in [0.3, 0.4) is 0 Å². The highest BCUT2D eigenvalue weighted by atomic mass is 16.5. The van der Waals surface area contributed by atoms with Crippen molar-refractivity contribution in [2.45, 2.75) is 52.0 Å². The lowest BCUT2D eigenvalue weighted by molar-refractivity contribution is -0.168. The first kappa shape index (κ1) is 14.7. The molecule has 0 aliphatic rings. The van der Waals surface area contributed by atoms with E-state index in [4.69, 9.17) is 0 Å². The fraction of sp³-hybridized carbons (Fsp3) is 0.533. The summed E-state index contributed by atoms with van der Waals surface area (Å²) in [7, 11) is 0. The largest absolute Gasteiger partial charge is 0.286 e. The molecule has 0 aliphatic carbocycles. The molecule has 100 valence electrons. The highest BCUT2D eigenvalue weighted by Gasteiger charge is 2.10. The molecule has 1 rings (SSSR count). The molecule has 1 aromatic rings. The Bertz CT molecular complexity index is 338. The zero-order valence-electron chi connectivity index (χ0n) is 11.1. The molecule has 0 unspecified atom stereocenters. The number of carbonyl (C=O) groups excluding carboxylic acids is 1. The molecule has 0 atom stereocenters. The van der Waals surface area contributed by atoms with Crippen LogP contribution in [0.15, 0.2) is 30.3 Å². The molecule has 0 aliphatic heterocycles. The maximum atomic E-state index is 11.7. The molecule has 1 amide bonds. The lowest BCUT2D eigenvalue weighted by Crippen LogP contribution is -2.26. The van der Waals surface area contributed by atoms with E-state index in [9.17, 15) is 10.0 Å². The van der Waals surface area contributed by atoms with Crippen molar-refractivity contribution in [2.75, 3.05) is 0 Å². The molecule has 0 heterocycles. The molecular weight excluding hydrogens is 226 g/mol. The van der Waals surface area contributed by atoms with Crippen LogP contribution in [0.4, 0.5) is 0 Å². The fourth-order valence-electron chi connectivity index (χ4n) is 1.85. The summed E-state index contributed by atoms with van der Waals surface area (Å²) in [4.78, 5) is 11.7. The van der Waals surface area contributed by atoms with Gasteiger partial charge in [0.05, 0.1) is 6.54 Å². The van der Waals surface area contributed by atoms with Gasteiger partial charge in [-0.1, -0.05) is 62.9 Å². The summed E-state index contributed by atoms with van der Waals surface area (Å²) < 4.78 is 0. The zero-order valence-corrected chi connectivity index (χ0v) is 11.1. The Balaban J connectivity index is 2.21. The predicted octanol–water partition coefficient (Wildman–Crippen LogP) is 3.76. The average molecular weight is 249 g/mol. The topological polar surface area (TPSA) is 40.5 Å². The minimum Gasteiger partial charge on any atom is -0.286 e. The highest BCUT2D eigenvalue weighted by molar-refractivity contribution is 5.74. The van der Waals surface area contributed by atoms with Crippen molar-refractivity contribution in [1.82, 2.24) is 5.06 Å². The van der Waals surface area contributed by atoms with Gasteiger partial charge in [0.2, 0.25) is 5.91 Å². The van der Waals surface area contributed by atoms with Gasteiger partial charge >= 0.3 is 0 Å². The summed E-state index contributed by atoms with van der Waals surface area (Å²) in [6.45, 7) is 2.44. The Morgan fingerprint density at radius 1 is 1.11 bits per heavy atom. The molecule has 0 spiro atoms. The molecule has 0 radical (unpaired) electrons. The summed E-state index contributed by atoms with van der Waals surface area (Å²) in [5, 5.41) is 10.5. The van der Waals surface area contributed by atoms with Crippen molar-refractivity contribution in [3.8, 4) is 0 Å². The molecule has 0 saturated carbocycles. The van der Waals surface area contributed by atoms with E-state index >= 15 is 0 Å². The summed E-state index contributed by atoms with van der Waals surface area (Å²) in [5.74, 6) is -0.185. The van der Waals surface area contributed by atoms with Crippen molar-refractivity contribution in [3.63, 3.8) is 0 Å². The van der Waals surface area contributed by atoms with Crippen LogP contribution >= 0.6 is 0 Å². The van der Waals surface area contributed by atoms with Crippen LogP contribution in [0.1, 0.15) is 51.0 Å². The van der Waals surface area contributed by atoms with Crippen molar-refractivity contribution in [2.24, 2.45) is 0 Å². The number of rotatable bonds is 8. The van der Waals surface area contributed by atoms with E-state index in [1.54, 1.807) is 0 Å². The molecule has 3 heteroatoms. The van der Waals surface area contributed by atoms with Crippen LogP contribution in [-0.2, 0) is 11.3 Å². The standard InChI is InChI=1S/C15H23NO2/c1-2-3-4-5-9-12-15(17)16(18)13-14-10-7-6-8-11-14/h6-8,10-11,18H,2-5,9,12-13H2,1H3. The first-order valence-electron chi connectivity index (χ1n) is 6.77. The lowest BCUT2D eigenvalue weighted by Gasteiger charge is -2.14. The number of hydroxylamine groups is 2. The Morgan fingerprint density at radius 2 is 1.78 bits per heavy atom. The third-order valence-corrected chi connectivity index (χ3v) is 2.96. The predicted molar refractivity (Wildman–Crippen MR) is 72.2 cm³/mol. The fourth-order valence-corrected chi connectivity index (χ4v) is 1.85. The van der Waals surface area contributed by atoms with Crippen molar-refractivity contribution in [1.29, 1.82) is 0 Å². The van der Waals surface area contributed by atoms with E-state index in [-0.39, 0.29) is 12.5 Å². The van der Waals surface area contributed by atoms with Gasteiger partial charge in [-0.2, -0.15) is 0 Å². The van der Waals surface area contributed by atoms with Crippen LogP contribution in [0.5, 0.6) is 0 Å². The number of hydrogen-bond acceptors (Lipinski definition) is 2. The number of hydrogen-bond donors (Lipinski definition) is 1. The normalized spacial score (nSPS) is 10.3. The molecule has 0 aromatic heterocycles. The third-order valence-electron chi connectivity index (χ3n) is 2.96. The minimum absolute atomic E-state index is 0.185. The minimum atomic E-state index is -0.185. The van der Waals surface area contributed by atoms with Crippen molar-refractivity contribution < 1.29 is 10.0 Å². The van der Waals surface area contributed by atoms with Gasteiger partial charge < -0.3 is 0 Å². The number of nitrogens with zero attached hydrogens (tertiary/aromatic N) is 1. The van der Waals surface area contributed by atoms with Gasteiger partial charge in [0, 0.05) is 6.42 Å². The Labute approximate surface area is 109 Å². The third kappa shape index (κ3) is 5.82. The molecule has 1 N–H and O–H groups in total. The second kappa shape index (κ2) is 8.70. The zero-order chi connectivity index (χ0) is 13.2. The van der Waals surface area contributed by atoms with Gasteiger partial charge in [0.1, 0.15) is 0 Å². The molecule has 0 saturated heterocycles. The summed E-state index contributed by atoms with van der Waals surface area (Å²) in [5.41, 5.74) is 0.944. The second-order valence-electron chi connectivity index (χ2n) is 4.60. The van der Waals surface area contributed by atoms with E-state index < -0.39 is 0 Å². The van der Waals surface area contributed by atoms with Crippen LogP contribution in [0, 0.1) is 0 Å².